The maximum Gasteiger partial charge on any atom is 0.283 e. The maximum atomic E-state index is 12.6. The summed E-state index contributed by atoms with van der Waals surface area (Å²) in [5.41, 5.74) is 2.28. The van der Waals surface area contributed by atoms with E-state index in [1.165, 1.54) is 31.2 Å². The van der Waals surface area contributed by atoms with E-state index in [1.807, 2.05) is 0 Å². The molecule has 0 aromatic heterocycles. The van der Waals surface area contributed by atoms with Gasteiger partial charge in [-0.25, -0.2) is 0 Å². The van der Waals surface area contributed by atoms with Crippen LogP contribution in [0.5, 0.6) is 5.75 Å². The monoisotopic (exact) mass is 363 g/mol. The van der Waals surface area contributed by atoms with Gasteiger partial charge in [-0.1, -0.05) is 12.1 Å². The number of imide groups is 1. The predicted octanol–water partition coefficient (Wildman–Crippen LogP) is 2.79. The van der Waals surface area contributed by atoms with Crippen molar-refractivity contribution in [3.63, 3.8) is 0 Å². The van der Waals surface area contributed by atoms with Crippen LogP contribution < -0.4 is 5.32 Å². The van der Waals surface area contributed by atoms with Crippen molar-refractivity contribution in [3.05, 3.63) is 65.2 Å². The van der Waals surface area contributed by atoms with Crippen molar-refractivity contribution in [2.24, 2.45) is 5.10 Å². The number of hydrazone groups is 1. The summed E-state index contributed by atoms with van der Waals surface area (Å²) in [5.74, 6) is -1.16. The SMILES string of the molecule is CC(=O)Nc1ccc(C(=O)N2N=C(C)/C(=C\c3ccc(O)cc3)C2=O)cc1. The number of anilines is 1. The first kappa shape index (κ1) is 18.1. The molecule has 0 bridgehead atoms. The Hall–Kier alpha value is -3.74. The molecule has 27 heavy (non-hydrogen) atoms. The third-order valence-corrected chi connectivity index (χ3v) is 3.91. The Labute approximate surface area is 155 Å². The molecule has 0 saturated carbocycles. The molecule has 0 aliphatic carbocycles. The van der Waals surface area contributed by atoms with E-state index in [0.717, 1.165) is 5.01 Å². The Bertz CT molecular complexity index is 973. The van der Waals surface area contributed by atoms with Gasteiger partial charge in [0.05, 0.1) is 11.3 Å². The van der Waals surface area contributed by atoms with Gasteiger partial charge in [0.1, 0.15) is 5.75 Å². The molecular weight excluding hydrogens is 346 g/mol. The summed E-state index contributed by atoms with van der Waals surface area (Å²) in [4.78, 5) is 36.3. The van der Waals surface area contributed by atoms with Crippen LogP contribution in [0.1, 0.15) is 29.8 Å². The zero-order chi connectivity index (χ0) is 19.6. The number of hydrogen-bond acceptors (Lipinski definition) is 5. The van der Waals surface area contributed by atoms with E-state index < -0.39 is 11.8 Å². The standard InChI is InChI=1S/C20H17N3O4/c1-12-18(11-14-3-9-17(25)10-4-14)20(27)23(22-12)19(26)15-5-7-16(8-6-15)21-13(2)24/h3-11,25H,1-2H3,(H,21,24)/b18-11+. The summed E-state index contributed by atoms with van der Waals surface area (Å²) in [6, 6.07) is 12.6. The fourth-order valence-electron chi connectivity index (χ4n) is 2.58. The second kappa shape index (κ2) is 7.25. The van der Waals surface area contributed by atoms with Crippen LogP contribution in [-0.4, -0.2) is 33.5 Å². The zero-order valence-electron chi connectivity index (χ0n) is 14.8. The number of hydrogen-bond donors (Lipinski definition) is 2. The number of rotatable bonds is 3. The lowest BCUT2D eigenvalue weighted by Crippen LogP contribution is -2.29. The molecule has 2 aromatic carbocycles. The highest BCUT2D eigenvalue weighted by Gasteiger charge is 2.32. The van der Waals surface area contributed by atoms with E-state index in [4.69, 9.17) is 0 Å². The first-order chi connectivity index (χ1) is 12.8. The minimum atomic E-state index is -0.553. The molecule has 3 amide bonds. The molecule has 0 spiro atoms. The molecule has 0 radical (unpaired) electrons. The average molecular weight is 363 g/mol. The number of amides is 3. The number of carbonyl (C=O) groups is 3. The van der Waals surface area contributed by atoms with Gasteiger partial charge in [0.25, 0.3) is 11.8 Å². The smallest absolute Gasteiger partial charge is 0.283 e. The van der Waals surface area contributed by atoms with Crippen LogP contribution >= 0.6 is 0 Å². The second-order valence-electron chi connectivity index (χ2n) is 6.02. The molecule has 1 heterocycles. The molecule has 1 aliphatic rings. The van der Waals surface area contributed by atoms with E-state index in [9.17, 15) is 19.5 Å². The molecule has 136 valence electrons. The van der Waals surface area contributed by atoms with Crippen molar-refractivity contribution in [2.75, 3.05) is 5.32 Å². The van der Waals surface area contributed by atoms with Crippen molar-refractivity contribution in [2.45, 2.75) is 13.8 Å². The Balaban J connectivity index is 1.81. The van der Waals surface area contributed by atoms with Crippen LogP contribution in [0.15, 0.2) is 59.2 Å². The van der Waals surface area contributed by atoms with Crippen LogP contribution in [-0.2, 0) is 9.59 Å². The fourth-order valence-corrected chi connectivity index (χ4v) is 2.58. The van der Waals surface area contributed by atoms with Gasteiger partial charge in [-0.15, -0.1) is 0 Å². The highest BCUT2D eigenvalue weighted by Crippen LogP contribution is 2.22. The van der Waals surface area contributed by atoms with E-state index >= 15 is 0 Å². The lowest BCUT2D eigenvalue weighted by atomic mass is 10.1. The second-order valence-corrected chi connectivity index (χ2v) is 6.02. The van der Waals surface area contributed by atoms with Crippen molar-refractivity contribution in [1.82, 2.24) is 5.01 Å². The number of aromatic hydroxyl groups is 1. The normalized spacial score (nSPS) is 15.0. The molecule has 0 atom stereocenters. The van der Waals surface area contributed by atoms with E-state index in [0.29, 0.717) is 22.5 Å². The summed E-state index contributed by atoms with van der Waals surface area (Å²) in [7, 11) is 0. The van der Waals surface area contributed by atoms with E-state index in [-0.39, 0.29) is 17.2 Å². The third kappa shape index (κ3) is 3.92. The quantitative estimate of drug-likeness (QED) is 0.647. The molecule has 2 N–H and O–H groups in total. The molecule has 3 rings (SSSR count). The Morgan fingerprint density at radius 3 is 2.30 bits per heavy atom. The Morgan fingerprint density at radius 2 is 1.70 bits per heavy atom. The molecule has 0 saturated heterocycles. The van der Waals surface area contributed by atoms with Gasteiger partial charge in [-0.2, -0.15) is 10.1 Å². The zero-order valence-corrected chi connectivity index (χ0v) is 14.8. The largest absolute Gasteiger partial charge is 0.508 e. The van der Waals surface area contributed by atoms with Crippen LogP contribution in [0.4, 0.5) is 5.69 Å². The van der Waals surface area contributed by atoms with Crippen molar-refractivity contribution < 1.29 is 19.5 Å². The lowest BCUT2D eigenvalue weighted by Gasteiger charge is -2.10. The fraction of sp³-hybridized carbons (Fsp3) is 0.100. The summed E-state index contributed by atoms with van der Waals surface area (Å²) in [6.45, 7) is 3.04. The molecule has 7 nitrogen and oxygen atoms in total. The minimum absolute atomic E-state index is 0.125. The van der Waals surface area contributed by atoms with Gasteiger partial charge in [0.2, 0.25) is 5.91 Å². The third-order valence-electron chi connectivity index (χ3n) is 3.91. The van der Waals surface area contributed by atoms with Crippen molar-refractivity contribution in [1.29, 1.82) is 0 Å². The number of phenols is 1. The first-order valence-electron chi connectivity index (χ1n) is 8.18. The average Bonchev–Trinajstić information content (AvgIpc) is 2.91. The Morgan fingerprint density at radius 1 is 1.07 bits per heavy atom. The van der Waals surface area contributed by atoms with Crippen LogP contribution in [0.3, 0.4) is 0 Å². The van der Waals surface area contributed by atoms with Crippen LogP contribution in [0, 0.1) is 0 Å². The first-order valence-corrected chi connectivity index (χ1v) is 8.18. The lowest BCUT2D eigenvalue weighted by molar-refractivity contribution is -0.123. The molecule has 0 fully saturated rings. The van der Waals surface area contributed by atoms with Crippen LogP contribution in [0.25, 0.3) is 6.08 Å². The maximum absolute atomic E-state index is 12.6. The summed E-state index contributed by atoms with van der Waals surface area (Å²) < 4.78 is 0. The van der Waals surface area contributed by atoms with Gasteiger partial charge in [-0.3, -0.25) is 14.4 Å². The van der Waals surface area contributed by atoms with Gasteiger partial charge < -0.3 is 10.4 Å². The highest BCUT2D eigenvalue weighted by molar-refractivity contribution is 6.30. The highest BCUT2D eigenvalue weighted by atomic mass is 16.3. The minimum Gasteiger partial charge on any atom is -0.508 e. The summed E-state index contributed by atoms with van der Waals surface area (Å²) in [6.07, 6.45) is 1.62. The van der Waals surface area contributed by atoms with E-state index in [2.05, 4.69) is 10.4 Å². The van der Waals surface area contributed by atoms with Gasteiger partial charge >= 0.3 is 0 Å². The molecule has 2 aromatic rings. The molecule has 1 aliphatic heterocycles. The van der Waals surface area contributed by atoms with Gasteiger partial charge in [-0.05, 0) is 55.0 Å². The summed E-state index contributed by atoms with van der Waals surface area (Å²) in [5, 5.41) is 16.9. The Kier molecular flexibility index (Phi) is 4.85. The van der Waals surface area contributed by atoms with Crippen LogP contribution in [0.2, 0.25) is 0 Å². The number of nitrogens with one attached hydrogen (secondary N) is 1. The number of phenolic OH excluding ortho intramolecular Hbond substituents is 1. The molecule has 7 heteroatoms. The van der Waals surface area contributed by atoms with Gasteiger partial charge in [0, 0.05) is 18.2 Å². The number of nitrogens with zero attached hydrogens (tertiary/aromatic N) is 2. The number of benzene rings is 2. The topological polar surface area (TPSA) is 99.1 Å². The molecule has 0 unspecified atom stereocenters. The van der Waals surface area contributed by atoms with Crippen molar-refractivity contribution >= 4 is 35.2 Å². The predicted molar refractivity (Wildman–Crippen MR) is 101 cm³/mol. The van der Waals surface area contributed by atoms with E-state index in [1.54, 1.807) is 37.3 Å². The van der Waals surface area contributed by atoms with Gasteiger partial charge in [0.15, 0.2) is 0 Å². The number of carbonyl (C=O) groups excluding carboxylic acids is 3. The summed E-state index contributed by atoms with van der Waals surface area (Å²) >= 11 is 0. The van der Waals surface area contributed by atoms with Crippen molar-refractivity contribution in [3.8, 4) is 5.75 Å². The molecular formula is C20H17N3O4.